The van der Waals surface area contributed by atoms with E-state index in [0.717, 1.165) is 0 Å². The highest BCUT2D eigenvalue weighted by Crippen LogP contribution is 2.34. The maximum Gasteiger partial charge on any atom is 0.307 e. The van der Waals surface area contributed by atoms with Crippen molar-refractivity contribution in [1.29, 1.82) is 0 Å². The number of anilines is 2. The van der Waals surface area contributed by atoms with Crippen LogP contribution in [0, 0.1) is 0 Å². The quantitative estimate of drug-likeness (QED) is 0.866. The van der Waals surface area contributed by atoms with Crippen LogP contribution in [0.4, 0.5) is 11.4 Å². The zero-order valence-electron chi connectivity index (χ0n) is 13.2. The number of carbonyl (C=O) groups excluding carboxylic acids is 2. The van der Waals surface area contributed by atoms with Gasteiger partial charge in [0, 0.05) is 5.69 Å². The van der Waals surface area contributed by atoms with Crippen LogP contribution in [0.3, 0.4) is 0 Å². The summed E-state index contributed by atoms with van der Waals surface area (Å²) in [7, 11) is 0. The SMILES string of the molecule is O=C(O)CC1Oc2ccccc2N(CC(=O)Nc2ccccc2)C1=O. The summed E-state index contributed by atoms with van der Waals surface area (Å²) in [4.78, 5) is 37.1. The lowest BCUT2D eigenvalue weighted by Crippen LogP contribution is -2.49. The van der Waals surface area contributed by atoms with Crippen molar-refractivity contribution in [1.82, 2.24) is 0 Å². The van der Waals surface area contributed by atoms with Gasteiger partial charge in [-0.1, -0.05) is 30.3 Å². The van der Waals surface area contributed by atoms with E-state index in [1.165, 1.54) is 4.90 Å². The highest BCUT2D eigenvalue weighted by molar-refractivity contribution is 6.07. The molecule has 2 amide bonds. The van der Waals surface area contributed by atoms with Crippen LogP contribution >= 0.6 is 0 Å². The van der Waals surface area contributed by atoms with Crippen molar-refractivity contribution >= 4 is 29.2 Å². The van der Waals surface area contributed by atoms with E-state index in [9.17, 15) is 14.4 Å². The molecule has 1 heterocycles. The van der Waals surface area contributed by atoms with Crippen LogP contribution in [0.25, 0.3) is 0 Å². The van der Waals surface area contributed by atoms with Gasteiger partial charge in [0.05, 0.1) is 12.1 Å². The number of ether oxygens (including phenoxy) is 1. The number of hydrogen-bond donors (Lipinski definition) is 2. The second-order valence-electron chi connectivity index (χ2n) is 5.51. The molecule has 1 unspecified atom stereocenters. The molecule has 2 N–H and O–H groups in total. The van der Waals surface area contributed by atoms with E-state index in [4.69, 9.17) is 9.84 Å². The molecule has 7 nitrogen and oxygen atoms in total. The number of fused-ring (bicyclic) bond motifs is 1. The fourth-order valence-electron chi connectivity index (χ4n) is 2.59. The fraction of sp³-hybridized carbons (Fsp3) is 0.167. The van der Waals surface area contributed by atoms with E-state index in [-0.39, 0.29) is 12.5 Å². The van der Waals surface area contributed by atoms with Gasteiger partial charge in [0.2, 0.25) is 5.91 Å². The van der Waals surface area contributed by atoms with Gasteiger partial charge in [0.15, 0.2) is 6.10 Å². The first-order valence-corrected chi connectivity index (χ1v) is 7.68. The Labute approximate surface area is 143 Å². The first-order chi connectivity index (χ1) is 12.0. The van der Waals surface area contributed by atoms with Gasteiger partial charge in [0.1, 0.15) is 12.3 Å². The van der Waals surface area contributed by atoms with E-state index in [0.29, 0.717) is 17.1 Å². The van der Waals surface area contributed by atoms with E-state index < -0.39 is 24.4 Å². The summed E-state index contributed by atoms with van der Waals surface area (Å²) >= 11 is 0. The highest BCUT2D eigenvalue weighted by atomic mass is 16.5. The monoisotopic (exact) mass is 340 g/mol. The predicted molar refractivity (Wildman–Crippen MR) is 90.5 cm³/mol. The molecular weight excluding hydrogens is 324 g/mol. The molecule has 0 bridgehead atoms. The zero-order chi connectivity index (χ0) is 17.8. The molecular formula is C18H16N2O5. The summed E-state index contributed by atoms with van der Waals surface area (Å²) in [5.41, 5.74) is 1.06. The average molecular weight is 340 g/mol. The van der Waals surface area contributed by atoms with Crippen molar-refractivity contribution in [3.63, 3.8) is 0 Å². The van der Waals surface area contributed by atoms with Crippen molar-refractivity contribution in [2.24, 2.45) is 0 Å². The normalized spacial score (nSPS) is 15.9. The smallest absolute Gasteiger partial charge is 0.307 e. The maximum absolute atomic E-state index is 12.6. The average Bonchev–Trinajstić information content (AvgIpc) is 2.59. The number of aliphatic carboxylic acids is 1. The Bertz CT molecular complexity index is 806. The van der Waals surface area contributed by atoms with Gasteiger partial charge in [-0.15, -0.1) is 0 Å². The molecule has 0 aliphatic carbocycles. The fourth-order valence-corrected chi connectivity index (χ4v) is 2.59. The lowest BCUT2D eigenvalue weighted by atomic mass is 10.1. The standard InChI is InChI=1S/C18H16N2O5/c21-16(19-12-6-2-1-3-7-12)11-20-13-8-4-5-9-14(13)25-15(18(20)24)10-17(22)23/h1-9,15H,10-11H2,(H,19,21)(H,22,23). The van der Waals surface area contributed by atoms with Crippen LogP contribution in [0.2, 0.25) is 0 Å². The van der Waals surface area contributed by atoms with E-state index in [1.54, 1.807) is 48.5 Å². The van der Waals surface area contributed by atoms with Crippen molar-refractivity contribution < 1.29 is 24.2 Å². The van der Waals surface area contributed by atoms with Gasteiger partial charge < -0.3 is 15.2 Å². The Morgan fingerprint density at radius 2 is 1.76 bits per heavy atom. The number of carbonyl (C=O) groups is 3. The molecule has 0 saturated heterocycles. The summed E-state index contributed by atoms with van der Waals surface area (Å²) in [5, 5.41) is 11.7. The Hall–Kier alpha value is -3.35. The molecule has 0 fully saturated rings. The summed E-state index contributed by atoms with van der Waals surface area (Å²) in [6.45, 7) is -0.232. The molecule has 1 aliphatic heterocycles. The number of rotatable bonds is 5. The third kappa shape index (κ3) is 3.77. The van der Waals surface area contributed by atoms with Gasteiger partial charge >= 0.3 is 5.97 Å². The van der Waals surface area contributed by atoms with Crippen molar-refractivity contribution in [2.45, 2.75) is 12.5 Å². The topological polar surface area (TPSA) is 95.9 Å². The summed E-state index contributed by atoms with van der Waals surface area (Å²) in [5.74, 6) is -1.71. The largest absolute Gasteiger partial charge is 0.481 e. The molecule has 3 rings (SSSR count). The summed E-state index contributed by atoms with van der Waals surface area (Å²) in [6, 6.07) is 15.6. The molecule has 7 heteroatoms. The maximum atomic E-state index is 12.6. The van der Waals surface area contributed by atoms with Crippen LogP contribution in [0.1, 0.15) is 6.42 Å². The van der Waals surface area contributed by atoms with E-state index >= 15 is 0 Å². The second-order valence-corrected chi connectivity index (χ2v) is 5.51. The Morgan fingerprint density at radius 1 is 1.08 bits per heavy atom. The van der Waals surface area contributed by atoms with E-state index in [1.807, 2.05) is 6.07 Å². The van der Waals surface area contributed by atoms with Gasteiger partial charge in [-0.3, -0.25) is 19.3 Å². The van der Waals surface area contributed by atoms with Gasteiger partial charge in [-0.2, -0.15) is 0 Å². The molecule has 0 radical (unpaired) electrons. The molecule has 128 valence electrons. The molecule has 1 aliphatic rings. The number of carboxylic acids is 1. The van der Waals surface area contributed by atoms with Crippen molar-refractivity contribution in [2.75, 3.05) is 16.8 Å². The number of hydrogen-bond acceptors (Lipinski definition) is 4. The third-order valence-corrected chi connectivity index (χ3v) is 3.69. The van der Waals surface area contributed by atoms with Crippen LogP contribution < -0.4 is 15.0 Å². The number of para-hydroxylation sites is 3. The van der Waals surface area contributed by atoms with Crippen molar-refractivity contribution in [3.05, 3.63) is 54.6 Å². The molecule has 2 aromatic rings. The van der Waals surface area contributed by atoms with Gasteiger partial charge in [0.25, 0.3) is 5.91 Å². The van der Waals surface area contributed by atoms with E-state index in [2.05, 4.69) is 5.32 Å². The van der Waals surface area contributed by atoms with Crippen LogP contribution in [0.15, 0.2) is 54.6 Å². The van der Waals surface area contributed by atoms with Crippen LogP contribution in [0.5, 0.6) is 5.75 Å². The molecule has 0 aromatic heterocycles. The second kappa shape index (κ2) is 7.04. The lowest BCUT2D eigenvalue weighted by Gasteiger charge is -2.33. The molecule has 2 aromatic carbocycles. The minimum atomic E-state index is -1.16. The zero-order valence-corrected chi connectivity index (χ0v) is 13.2. The summed E-state index contributed by atoms with van der Waals surface area (Å²) < 4.78 is 5.48. The minimum Gasteiger partial charge on any atom is -0.481 e. The lowest BCUT2D eigenvalue weighted by molar-refractivity contribution is -0.142. The highest BCUT2D eigenvalue weighted by Gasteiger charge is 2.36. The first-order valence-electron chi connectivity index (χ1n) is 7.68. The van der Waals surface area contributed by atoms with Gasteiger partial charge in [-0.25, -0.2) is 0 Å². The third-order valence-electron chi connectivity index (χ3n) is 3.69. The Balaban J connectivity index is 1.81. The Morgan fingerprint density at radius 3 is 2.48 bits per heavy atom. The molecule has 0 saturated carbocycles. The van der Waals surface area contributed by atoms with Crippen molar-refractivity contribution in [3.8, 4) is 5.75 Å². The van der Waals surface area contributed by atoms with Gasteiger partial charge in [-0.05, 0) is 24.3 Å². The van der Waals surface area contributed by atoms with Crippen LogP contribution in [-0.2, 0) is 14.4 Å². The number of nitrogens with one attached hydrogen (secondary N) is 1. The number of carboxylic acid groups (broad SMARTS) is 1. The Kier molecular flexibility index (Phi) is 4.65. The molecule has 0 spiro atoms. The summed E-state index contributed by atoms with van der Waals surface area (Å²) in [6.07, 6.45) is -1.62. The predicted octanol–water partition coefficient (Wildman–Crippen LogP) is 1.89. The molecule has 1 atom stereocenters. The number of amides is 2. The minimum absolute atomic E-state index is 0.232. The number of nitrogens with zero attached hydrogens (tertiary/aromatic N) is 1. The number of benzene rings is 2. The molecule has 25 heavy (non-hydrogen) atoms. The van der Waals surface area contributed by atoms with Crippen LogP contribution in [-0.4, -0.2) is 35.5 Å². The first kappa shape index (κ1) is 16.5.